The van der Waals surface area contributed by atoms with E-state index in [9.17, 15) is 8.78 Å². The fourth-order valence-electron chi connectivity index (χ4n) is 3.08. The highest BCUT2D eigenvalue weighted by atomic mass is 19.3. The van der Waals surface area contributed by atoms with E-state index in [1.54, 1.807) is 0 Å². The van der Waals surface area contributed by atoms with Crippen molar-refractivity contribution in [1.82, 2.24) is 4.90 Å². The molecule has 4 heteroatoms. The van der Waals surface area contributed by atoms with E-state index in [0.717, 1.165) is 32.4 Å². The number of hydrogen-bond donors (Lipinski definition) is 1. The van der Waals surface area contributed by atoms with Crippen LogP contribution < -0.4 is 5.73 Å². The first-order chi connectivity index (χ1) is 8.05. The summed E-state index contributed by atoms with van der Waals surface area (Å²) in [6.45, 7) is 1.66. The van der Waals surface area contributed by atoms with Crippen molar-refractivity contribution in [2.24, 2.45) is 11.7 Å². The second-order valence-corrected chi connectivity index (χ2v) is 5.81. The van der Waals surface area contributed by atoms with Crippen molar-refractivity contribution in [3.8, 4) is 0 Å². The zero-order chi connectivity index (χ0) is 12.3. The van der Waals surface area contributed by atoms with E-state index in [4.69, 9.17) is 5.73 Å². The largest absolute Gasteiger partial charge is 0.328 e. The van der Waals surface area contributed by atoms with Gasteiger partial charge in [-0.2, -0.15) is 0 Å². The van der Waals surface area contributed by atoms with E-state index < -0.39 is 5.92 Å². The number of alkyl halides is 2. The number of piperidine rings is 1. The number of nitrogens with zero attached hydrogens (tertiary/aromatic N) is 1. The van der Waals surface area contributed by atoms with Gasteiger partial charge < -0.3 is 5.73 Å². The minimum absolute atomic E-state index is 0.0285. The number of nitrogens with two attached hydrogens (primary N) is 1. The SMILES string of the molecule is NC1CCC(CCN2CCCC(F)(F)C2)CC1. The Balaban J connectivity index is 1.68. The summed E-state index contributed by atoms with van der Waals surface area (Å²) in [6.07, 6.45) is 6.38. The second-order valence-electron chi connectivity index (χ2n) is 5.81. The Morgan fingerprint density at radius 2 is 1.88 bits per heavy atom. The van der Waals surface area contributed by atoms with E-state index in [2.05, 4.69) is 0 Å². The number of hydrogen-bond acceptors (Lipinski definition) is 2. The van der Waals surface area contributed by atoms with Crippen LogP contribution >= 0.6 is 0 Å². The van der Waals surface area contributed by atoms with E-state index in [1.165, 1.54) is 12.8 Å². The van der Waals surface area contributed by atoms with Gasteiger partial charge in [0.1, 0.15) is 0 Å². The van der Waals surface area contributed by atoms with Crippen molar-refractivity contribution in [1.29, 1.82) is 0 Å². The summed E-state index contributed by atoms with van der Waals surface area (Å²) in [6, 6.07) is 0.380. The molecule has 1 saturated carbocycles. The molecule has 2 rings (SSSR count). The molecule has 1 heterocycles. The fourth-order valence-corrected chi connectivity index (χ4v) is 3.08. The first-order valence-electron chi connectivity index (χ1n) is 6.91. The van der Waals surface area contributed by atoms with Crippen molar-refractivity contribution in [3.05, 3.63) is 0 Å². The van der Waals surface area contributed by atoms with E-state index >= 15 is 0 Å². The van der Waals surface area contributed by atoms with Crippen LogP contribution in [0.5, 0.6) is 0 Å². The van der Waals surface area contributed by atoms with E-state index in [-0.39, 0.29) is 13.0 Å². The summed E-state index contributed by atoms with van der Waals surface area (Å²) in [5.74, 6) is -1.74. The molecule has 0 aromatic heterocycles. The van der Waals surface area contributed by atoms with Crippen molar-refractivity contribution in [2.75, 3.05) is 19.6 Å². The van der Waals surface area contributed by atoms with Crippen LogP contribution in [0.15, 0.2) is 0 Å². The van der Waals surface area contributed by atoms with Crippen LogP contribution in [0.4, 0.5) is 8.78 Å². The summed E-state index contributed by atoms with van der Waals surface area (Å²) < 4.78 is 26.4. The summed E-state index contributed by atoms with van der Waals surface area (Å²) in [5, 5.41) is 0. The van der Waals surface area contributed by atoms with Gasteiger partial charge in [-0.05, 0) is 57.5 Å². The molecule has 100 valence electrons. The predicted octanol–water partition coefficient (Wildman–Crippen LogP) is 2.63. The average Bonchev–Trinajstić information content (AvgIpc) is 2.27. The summed E-state index contributed by atoms with van der Waals surface area (Å²) >= 11 is 0. The first kappa shape index (κ1) is 13.2. The Kier molecular flexibility index (Phi) is 4.36. The number of halogens is 2. The molecule has 0 unspecified atom stereocenters. The summed E-state index contributed by atoms with van der Waals surface area (Å²) in [4.78, 5) is 1.94. The molecular weight excluding hydrogens is 222 g/mol. The fraction of sp³-hybridized carbons (Fsp3) is 1.00. The Morgan fingerprint density at radius 3 is 2.53 bits per heavy atom. The van der Waals surface area contributed by atoms with Gasteiger partial charge in [0.05, 0.1) is 6.54 Å². The van der Waals surface area contributed by atoms with Gasteiger partial charge in [0, 0.05) is 12.5 Å². The van der Waals surface area contributed by atoms with Crippen LogP contribution in [-0.4, -0.2) is 36.5 Å². The molecule has 1 aliphatic heterocycles. The second kappa shape index (κ2) is 5.61. The molecule has 2 N–H and O–H groups in total. The highest BCUT2D eigenvalue weighted by molar-refractivity contribution is 4.80. The van der Waals surface area contributed by atoms with Gasteiger partial charge in [0.25, 0.3) is 5.92 Å². The van der Waals surface area contributed by atoms with Crippen molar-refractivity contribution in [3.63, 3.8) is 0 Å². The zero-order valence-corrected chi connectivity index (χ0v) is 10.5. The molecule has 17 heavy (non-hydrogen) atoms. The summed E-state index contributed by atoms with van der Waals surface area (Å²) in [5.41, 5.74) is 5.86. The zero-order valence-electron chi connectivity index (χ0n) is 10.5. The van der Waals surface area contributed by atoms with Crippen LogP contribution in [0.25, 0.3) is 0 Å². The van der Waals surface area contributed by atoms with Gasteiger partial charge in [0.15, 0.2) is 0 Å². The van der Waals surface area contributed by atoms with Crippen LogP contribution in [0.2, 0.25) is 0 Å². The third-order valence-electron chi connectivity index (χ3n) is 4.22. The average molecular weight is 246 g/mol. The molecule has 0 amide bonds. The topological polar surface area (TPSA) is 29.3 Å². The molecular formula is C13H24F2N2. The maximum atomic E-state index is 13.2. The lowest BCUT2D eigenvalue weighted by atomic mass is 9.84. The quantitative estimate of drug-likeness (QED) is 0.829. The van der Waals surface area contributed by atoms with Crippen molar-refractivity contribution < 1.29 is 8.78 Å². The minimum Gasteiger partial charge on any atom is -0.328 e. The molecule has 0 atom stereocenters. The molecule has 2 aliphatic rings. The maximum Gasteiger partial charge on any atom is 0.260 e. The molecule has 2 fully saturated rings. The standard InChI is InChI=1S/C13H24F2N2/c14-13(15)7-1-8-17(10-13)9-6-11-2-4-12(16)5-3-11/h11-12H,1-10,16H2. The predicted molar refractivity (Wildman–Crippen MR) is 65.2 cm³/mol. The molecule has 0 aromatic carbocycles. The van der Waals surface area contributed by atoms with Crippen molar-refractivity contribution >= 4 is 0 Å². The minimum atomic E-state index is -2.45. The van der Waals surface area contributed by atoms with Crippen LogP contribution in [-0.2, 0) is 0 Å². The lowest BCUT2D eigenvalue weighted by Crippen LogP contribution is -2.43. The smallest absolute Gasteiger partial charge is 0.260 e. The molecule has 0 spiro atoms. The molecule has 1 aliphatic carbocycles. The van der Waals surface area contributed by atoms with Crippen LogP contribution in [0.3, 0.4) is 0 Å². The molecule has 0 aromatic rings. The van der Waals surface area contributed by atoms with Gasteiger partial charge in [-0.15, -0.1) is 0 Å². The van der Waals surface area contributed by atoms with E-state index in [1.807, 2.05) is 4.90 Å². The normalized spacial score (nSPS) is 34.8. The number of likely N-dealkylation sites (tertiary alicyclic amines) is 1. The van der Waals surface area contributed by atoms with Crippen LogP contribution in [0.1, 0.15) is 44.9 Å². The third-order valence-corrected chi connectivity index (χ3v) is 4.22. The Bertz CT molecular complexity index is 238. The molecule has 2 nitrogen and oxygen atoms in total. The highest BCUT2D eigenvalue weighted by Crippen LogP contribution is 2.29. The molecule has 0 bridgehead atoms. The Hall–Kier alpha value is -0.220. The van der Waals surface area contributed by atoms with Gasteiger partial charge in [-0.3, -0.25) is 4.90 Å². The van der Waals surface area contributed by atoms with Gasteiger partial charge in [-0.25, -0.2) is 8.78 Å². The first-order valence-corrected chi connectivity index (χ1v) is 6.91. The lowest BCUT2D eigenvalue weighted by Gasteiger charge is -2.34. The van der Waals surface area contributed by atoms with Gasteiger partial charge in [-0.1, -0.05) is 0 Å². The highest BCUT2D eigenvalue weighted by Gasteiger charge is 2.35. The Labute approximate surface area is 103 Å². The van der Waals surface area contributed by atoms with Crippen molar-refractivity contribution in [2.45, 2.75) is 56.9 Å². The monoisotopic (exact) mass is 246 g/mol. The maximum absolute atomic E-state index is 13.2. The van der Waals surface area contributed by atoms with E-state index in [0.29, 0.717) is 18.4 Å². The summed E-state index contributed by atoms with van der Waals surface area (Å²) in [7, 11) is 0. The lowest BCUT2D eigenvalue weighted by molar-refractivity contribution is -0.0650. The number of rotatable bonds is 3. The van der Waals surface area contributed by atoms with Crippen LogP contribution in [0, 0.1) is 5.92 Å². The third kappa shape index (κ3) is 4.18. The van der Waals surface area contributed by atoms with Gasteiger partial charge >= 0.3 is 0 Å². The molecule has 1 saturated heterocycles. The molecule has 0 radical (unpaired) electrons. The Morgan fingerprint density at radius 1 is 1.18 bits per heavy atom. The van der Waals surface area contributed by atoms with Gasteiger partial charge in [0.2, 0.25) is 0 Å².